The van der Waals surface area contributed by atoms with E-state index in [1.807, 2.05) is 30.3 Å². The predicted molar refractivity (Wildman–Crippen MR) is 94.9 cm³/mol. The number of hydrogen-bond acceptors (Lipinski definition) is 4. The van der Waals surface area contributed by atoms with E-state index in [1.165, 1.54) is 11.8 Å². The van der Waals surface area contributed by atoms with E-state index >= 15 is 0 Å². The SMILES string of the molecule is Nn1c(SCc2ccc(Cl)cc2)nc2ccc(Br)cc2c1=O. The maximum absolute atomic E-state index is 12.3. The van der Waals surface area contributed by atoms with Gasteiger partial charge in [0.2, 0.25) is 0 Å². The number of hydrogen-bond donors (Lipinski definition) is 1. The molecule has 3 aromatic rings. The Hall–Kier alpha value is -1.50. The first kappa shape index (κ1) is 15.4. The molecule has 0 aliphatic heterocycles. The zero-order valence-corrected chi connectivity index (χ0v) is 14.5. The molecule has 3 rings (SSSR count). The van der Waals surface area contributed by atoms with Gasteiger partial charge in [-0.25, -0.2) is 9.66 Å². The van der Waals surface area contributed by atoms with Crippen LogP contribution in [0, 0.1) is 0 Å². The van der Waals surface area contributed by atoms with Crippen LogP contribution >= 0.6 is 39.3 Å². The first-order valence-electron chi connectivity index (χ1n) is 6.39. The summed E-state index contributed by atoms with van der Waals surface area (Å²) >= 11 is 10.6. The molecule has 1 aromatic heterocycles. The first-order valence-corrected chi connectivity index (χ1v) is 8.55. The molecular weight excluding hydrogens is 386 g/mol. The van der Waals surface area contributed by atoms with Crippen molar-refractivity contribution in [1.82, 2.24) is 9.66 Å². The van der Waals surface area contributed by atoms with Crippen molar-refractivity contribution in [1.29, 1.82) is 0 Å². The van der Waals surface area contributed by atoms with E-state index in [4.69, 9.17) is 17.4 Å². The van der Waals surface area contributed by atoms with Crippen molar-refractivity contribution < 1.29 is 0 Å². The van der Waals surface area contributed by atoms with E-state index in [1.54, 1.807) is 12.1 Å². The lowest BCUT2D eigenvalue weighted by Crippen LogP contribution is -2.29. The fourth-order valence-electron chi connectivity index (χ4n) is 1.98. The molecular formula is C15H11BrClN3OS. The molecule has 0 aliphatic rings. The topological polar surface area (TPSA) is 60.9 Å². The van der Waals surface area contributed by atoms with E-state index in [2.05, 4.69) is 20.9 Å². The lowest BCUT2D eigenvalue weighted by molar-refractivity contribution is 0.779. The lowest BCUT2D eigenvalue weighted by atomic mass is 10.2. The molecule has 2 aromatic carbocycles. The molecule has 2 N–H and O–H groups in total. The molecule has 0 aliphatic carbocycles. The van der Waals surface area contributed by atoms with Crippen LogP contribution in [0.4, 0.5) is 0 Å². The van der Waals surface area contributed by atoms with Gasteiger partial charge in [-0.2, -0.15) is 0 Å². The fraction of sp³-hybridized carbons (Fsp3) is 0.0667. The quantitative estimate of drug-likeness (QED) is 0.415. The van der Waals surface area contributed by atoms with Gasteiger partial charge in [0.15, 0.2) is 5.16 Å². The third-order valence-corrected chi connectivity index (χ3v) is 4.88. The van der Waals surface area contributed by atoms with Gasteiger partial charge < -0.3 is 5.84 Å². The lowest BCUT2D eigenvalue weighted by Gasteiger charge is -2.08. The zero-order valence-electron chi connectivity index (χ0n) is 11.3. The second-order valence-electron chi connectivity index (χ2n) is 4.65. The van der Waals surface area contributed by atoms with Crippen molar-refractivity contribution in [3.63, 3.8) is 0 Å². The van der Waals surface area contributed by atoms with E-state index in [0.717, 1.165) is 14.7 Å². The molecule has 0 fully saturated rings. The van der Waals surface area contributed by atoms with E-state index in [-0.39, 0.29) is 5.56 Å². The average molecular weight is 397 g/mol. The van der Waals surface area contributed by atoms with Gasteiger partial charge in [0, 0.05) is 15.2 Å². The first-order chi connectivity index (χ1) is 10.5. The highest BCUT2D eigenvalue weighted by atomic mass is 79.9. The molecule has 4 nitrogen and oxygen atoms in total. The van der Waals surface area contributed by atoms with Gasteiger partial charge in [-0.3, -0.25) is 4.79 Å². The summed E-state index contributed by atoms with van der Waals surface area (Å²) in [6.45, 7) is 0. The Kier molecular flexibility index (Phi) is 4.42. The van der Waals surface area contributed by atoms with Crippen molar-refractivity contribution >= 4 is 50.2 Å². The largest absolute Gasteiger partial charge is 0.334 e. The van der Waals surface area contributed by atoms with Crippen LogP contribution in [0.15, 0.2) is 56.9 Å². The summed E-state index contributed by atoms with van der Waals surface area (Å²) in [6.07, 6.45) is 0. The Balaban J connectivity index is 1.94. The Bertz CT molecular complexity index is 896. The highest BCUT2D eigenvalue weighted by Crippen LogP contribution is 2.23. The minimum atomic E-state index is -0.259. The number of rotatable bonds is 3. The van der Waals surface area contributed by atoms with Crippen molar-refractivity contribution in [2.45, 2.75) is 10.9 Å². The van der Waals surface area contributed by atoms with Crippen LogP contribution in [0.3, 0.4) is 0 Å². The second-order valence-corrected chi connectivity index (χ2v) is 6.94. The van der Waals surface area contributed by atoms with Crippen LogP contribution in [0.1, 0.15) is 5.56 Å². The second kappa shape index (κ2) is 6.32. The molecule has 0 unspecified atom stereocenters. The van der Waals surface area contributed by atoms with Gasteiger partial charge in [-0.05, 0) is 35.9 Å². The maximum Gasteiger partial charge on any atom is 0.280 e. The van der Waals surface area contributed by atoms with Gasteiger partial charge in [0.1, 0.15) is 0 Å². The summed E-state index contributed by atoms with van der Waals surface area (Å²) in [6, 6.07) is 12.9. The monoisotopic (exact) mass is 395 g/mol. The third kappa shape index (κ3) is 3.14. The molecule has 0 amide bonds. The molecule has 22 heavy (non-hydrogen) atoms. The van der Waals surface area contributed by atoms with Gasteiger partial charge in [0.05, 0.1) is 10.9 Å². The summed E-state index contributed by atoms with van der Waals surface area (Å²) in [5.74, 6) is 6.53. The van der Waals surface area contributed by atoms with Crippen LogP contribution in [-0.4, -0.2) is 9.66 Å². The number of aromatic nitrogens is 2. The number of nitrogens with two attached hydrogens (primary N) is 1. The van der Waals surface area contributed by atoms with Crippen molar-refractivity contribution in [3.8, 4) is 0 Å². The number of fused-ring (bicyclic) bond motifs is 1. The Morgan fingerprint density at radius 2 is 1.95 bits per heavy atom. The smallest absolute Gasteiger partial charge is 0.280 e. The number of nitrogens with zero attached hydrogens (tertiary/aromatic N) is 2. The minimum absolute atomic E-state index is 0.259. The standard InChI is InChI=1S/C15H11BrClN3OS/c16-10-3-6-13-12(7-10)14(21)20(18)15(19-13)22-8-9-1-4-11(17)5-2-9/h1-7H,8,18H2. The molecule has 0 saturated heterocycles. The van der Waals surface area contributed by atoms with E-state index < -0.39 is 0 Å². The van der Waals surface area contributed by atoms with Gasteiger partial charge in [-0.1, -0.05) is 51.4 Å². The van der Waals surface area contributed by atoms with E-state index in [9.17, 15) is 4.79 Å². The molecule has 0 atom stereocenters. The summed E-state index contributed by atoms with van der Waals surface area (Å²) in [5, 5.41) is 1.67. The maximum atomic E-state index is 12.3. The molecule has 0 bridgehead atoms. The number of halogens is 2. The van der Waals surface area contributed by atoms with Crippen LogP contribution in [-0.2, 0) is 5.75 Å². The Labute approximate surface area is 144 Å². The van der Waals surface area contributed by atoms with Crippen molar-refractivity contribution in [2.24, 2.45) is 0 Å². The molecule has 0 spiro atoms. The highest BCUT2D eigenvalue weighted by Gasteiger charge is 2.10. The molecule has 112 valence electrons. The zero-order chi connectivity index (χ0) is 15.7. The van der Waals surface area contributed by atoms with Gasteiger partial charge in [0.25, 0.3) is 5.56 Å². The van der Waals surface area contributed by atoms with Gasteiger partial charge in [-0.15, -0.1) is 0 Å². The highest BCUT2D eigenvalue weighted by molar-refractivity contribution is 9.10. The van der Waals surface area contributed by atoms with Crippen LogP contribution in [0.2, 0.25) is 5.02 Å². The van der Waals surface area contributed by atoms with Crippen molar-refractivity contribution in [3.05, 3.63) is 67.9 Å². The number of nitrogen functional groups attached to an aromatic ring is 1. The fourth-order valence-corrected chi connectivity index (χ4v) is 3.34. The predicted octanol–water partition coefficient (Wildman–Crippen LogP) is 3.82. The normalized spacial score (nSPS) is 11.0. The molecule has 1 heterocycles. The van der Waals surface area contributed by atoms with Crippen LogP contribution < -0.4 is 11.4 Å². The molecule has 0 radical (unpaired) electrons. The summed E-state index contributed by atoms with van der Waals surface area (Å²) in [4.78, 5) is 16.8. The summed E-state index contributed by atoms with van der Waals surface area (Å²) in [5.41, 5.74) is 1.46. The molecule has 7 heteroatoms. The Morgan fingerprint density at radius 3 is 2.68 bits per heavy atom. The average Bonchev–Trinajstić information content (AvgIpc) is 2.52. The number of benzene rings is 2. The molecule has 0 saturated carbocycles. The van der Waals surface area contributed by atoms with E-state index in [0.29, 0.717) is 26.8 Å². The summed E-state index contributed by atoms with van der Waals surface area (Å²) < 4.78 is 1.91. The number of thioether (sulfide) groups is 1. The summed E-state index contributed by atoms with van der Waals surface area (Å²) in [7, 11) is 0. The third-order valence-electron chi connectivity index (χ3n) is 3.11. The van der Waals surface area contributed by atoms with Crippen molar-refractivity contribution in [2.75, 3.05) is 5.84 Å². The Morgan fingerprint density at radius 1 is 1.23 bits per heavy atom. The van der Waals surface area contributed by atoms with Gasteiger partial charge >= 0.3 is 0 Å². The minimum Gasteiger partial charge on any atom is -0.334 e. The van der Waals surface area contributed by atoms with Crippen LogP contribution in [0.5, 0.6) is 0 Å². The van der Waals surface area contributed by atoms with Crippen LogP contribution in [0.25, 0.3) is 10.9 Å².